The molecule has 0 rings (SSSR count). The number of phosphoric acid groups is 1. The zero-order chi connectivity index (χ0) is 5.21. The van der Waals surface area contributed by atoms with Gasteiger partial charge in [0.15, 0.2) is 0 Å². The maximum Gasteiger partial charge on any atom is 1.00 e. The zero-order valence-electron chi connectivity index (χ0n) is 4.74. The van der Waals surface area contributed by atoms with Gasteiger partial charge in [-0.15, -0.1) is 0 Å². The van der Waals surface area contributed by atoms with E-state index in [1.807, 2.05) is 0 Å². The minimum absolute atomic E-state index is 0. The van der Waals surface area contributed by atoms with Crippen molar-refractivity contribution < 1.29 is 39.1 Å². The SMILES string of the molecule is [B]OP(=O)(O)O.[H-].[Li+]. The first-order valence-electron chi connectivity index (χ1n) is 1.00. The minimum atomic E-state index is -4.37. The van der Waals surface area contributed by atoms with Crippen LogP contribution in [-0.4, -0.2) is 17.8 Å². The summed E-state index contributed by atoms with van der Waals surface area (Å²) >= 11 is 0. The fourth-order valence-electron chi connectivity index (χ4n) is 0. The molecule has 0 aliphatic heterocycles. The van der Waals surface area contributed by atoms with Crippen LogP contribution in [0.1, 0.15) is 1.43 Å². The second-order valence-corrected chi connectivity index (χ2v) is 1.79. The Bertz CT molecular complexity index is 80.1. The Labute approximate surface area is 55.6 Å². The van der Waals surface area contributed by atoms with Crippen LogP contribution in [0.15, 0.2) is 0 Å². The van der Waals surface area contributed by atoms with Crippen LogP contribution >= 0.6 is 7.82 Å². The van der Waals surface area contributed by atoms with Crippen molar-refractivity contribution in [3.63, 3.8) is 0 Å². The standard InChI is InChI=1S/BH2O4P.Li.H/c1-5-6(2,3)4;;/h(H2,2,3,4);;/q;+1;-1. The summed E-state index contributed by atoms with van der Waals surface area (Å²) in [5.41, 5.74) is 0. The fraction of sp³-hybridized carbons (Fsp3) is 0. The second kappa shape index (κ2) is 3.74. The third-order valence-corrected chi connectivity index (χ3v) is 0.412. The molecule has 0 saturated carbocycles. The first-order chi connectivity index (χ1) is 2.56. The van der Waals surface area contributed by atoms with Crippen LogP contribution in [0.25, 0.3) is 0 Å². The molecule has 2 N–H and O–H groups in total. The normalized spacial score (nSPS) is 10.0. The van der Waals surface area contributed by atoms with Gasteiger partial charge < -0.3 is 15.7 Å². The molecule has 36 valence electrons. The van der Waals surface area contributed by atoms with Gasteiger partial charge in [-0.3, -0.25) is 0 Å². The van der Waals surface area contributed by atoms with E-state index in [0.29, 0.717) is 0 Å². The van der Waals surface area contributed by atoms with Crippen LogP contribution in [0.3, 0.4) is 0 Å². The third-order valence-electron chi connectivity index (χ3n) is 0.137. The topological polar surface area (TPSA) is 66.8 Å². The molecule has 0 aromatic carbocycles. The maximum absolute atomic E-state index is 9.35. The Balaban J connectivity index is -0.000000125. The van der Waals surface area contributed by atoms with Crippen LogP contribution in [0.2, 0.25) is 0 Å². The van der Waals surface area contributed by atoms with Gasteiger partial charge in [-0.1, -0.05) is 0 Å². The summed E-state index contributed by atoms with van der Waals surface area (Å²) in [7, 11) is -0.326. The molecular weight excluding hydrogens is 113 g/mol. The largest absolute Gasteiger partial charge is 1.00 e. The van der Waals surface area contributed by atoms with Crippen molar-refractivity contribution in [1.82, 2.24) is 0 Å². The van der Waals surface area contributed by atoms with E-state index in [1.54, 1.807) is 0 Å². The van der Waals surface area contributed by atoms with E-state index >= 15 is 0 Å². The molecule has 0 aliphatic carbocycles. The van der Waals surface area contributed by atoms with E-state index in [4.69, 9.17) is 9.79 Å². The van der Waals surface area contributed by atoms with Crippen molar-refractivity contribution in [3.8, 4) is 0 Å². The minimum Gasteiger partial charge on any atom is -1.00 e. The van der Waals surface area contributed by atoms with Gasteiger partial charge in [0.2, 0.25) is 0 Å². The van der Waals surface area contributed by atoms with E-state index in [-0.39, 0.29) is 20.3 Å². The van der Waals surface area contributed by atoms with Crippen LogP contribution in [-0.2, 0) is 9.01 Å². The average molecular weight is 116 g/mol. The van der Waals surface area contributed by atoms with Crippen molar-refractivity contribution in [2.24, 2.45) is 0 Å². The van der Waals surface area contributed by atoms with Crippen LogP contribution in [0, 0.1) is 0 Å². The van der Waals surface area contributed by atoms with E-state index in [0.717, 1.165) is 0 Å². The Hall–Kier alpha value is 0.772. The average Bonchev–Trinajstić information content (AvgIpc) is 1.35. The summed E-state index contributed by atoms with van der Waals surface area (Å²) < 4.78 is 12.5. The summed E-state index contributed by atoms with van der Waals surface area (Å²) in [6.07, 6.45) is 0. The Kier molecular flexibility index (Phi) is 5.71. The zero-order valence-corrected chi connectivity index (χ0v) is 4.63. The van der Waals surface area contributed by atoms with Crippen LogP contribution in [0.5, 0.6) is 0 Å². The predicted molar refractivity (Wildman–Crippen MR) is 20.0 cm³/mol. The van der Waals surface area contributed by atoms with Gasteiger partial charge in [-0.05, 0) is 0 Å². The van der Waals surface area contributed by atoms with Gasteiger partial charge in [0.1, 0.15) is 0 Å². The van der Waals surface area contributed by atoms with Crippen molar-refractivity contribution in [1.29, 1.82) is 0 Å². The molecule has 4 nitrogen and oxygen atoms in total. The summed E-state index contributed by atoms with van der Waals surface area (Å²) in [6.45, 7) is 0. The summed E-state index contributed by atoms with van der Waals surface area (Å²) in [4.78, 5) is 15.2. The maximum atomic E-state index is 9.35. The van der Waals surface area contributed by atoms with Crippen molar-refractivity contribution in [3.05, 3.63) is 0 Å². The number of hydrogen-bond acceptors (Lipinski definition) is 2. The monoisotopic (exact) mass is 116 g/mol. The molecule has 0 spiro atoms. The van der Waals surface area contributed by atoms with E-state index in [9.17, 15) is 4.57 Å². The molecule has 0 amide bonds. The first-order valence-corrected chi connectivity index (χ1v) is 2.53. The van der Waals surface area contributed by atoms with Gasteiger partial charge in [-0.2, -0.15) is 0 Å². The predicted octanol–water partition coefficient (Wildman–Crippen LogP) is -3.70. The van der Waals surface area contributed by atoms with Crippen LogP contribution < -0.4 is 18.9 Å². The van der Waals surface area contributed by atoms with Gasteiger partial charge in [0.25, 0.3) is 8.05 Å². The molecule has 2 radical (unpaired) electrons. The summed E-state index contributed by atoms with van der Waals surface area (Å²) in [5, 5.41) is 0. The summed E-state index contributed by atoms with van der Waals surface area (Å²) in [5.74, 6) is 0. The molecular formula is H3BLiO4P. The second-order valence-electron chi connectivity index (χ2n) is 0.596. The van der Waals surface area contributed by atoms with Crippen molar-refractivity contribution >= 4 is 15.9 Å². The Morgan fingerprint density at radius 1 is 1.71 bits per heavy atom. The van der Waals surface area contributed by atoms with E-state index < -0.39 is 7.82 Å². The van der Waals surface area contributed by atoms with Gasteiger partial charge in [-0.25, -0.2) is 4.57 Å². The smallest absolute Gasteiger partial charge is 1.00 e. The summed E-state index contributed by atoms with van der Waals surface area (Å²) in [6, 6.07) is 0. The van der Waals surface area contributed by atoms with Gasteiger partial charge in [0, 0.05) is 0 Å². The molecule has 0 bridgehead atoms. The third kappa shape index (κ3) is 10.8. The van der Waals surface area contributed by atoms with Crippen molar-refractivity contribution in [2.75, 3.05) is 0 Å². The number of hydrogen-bond donors (Lipinski definition) is 2. The number of rotatable bonds is 1. The molecule has 0 saturated heterocycles. The van der Waals surface area contributed by atoms with Gasteiger partial charge in [0.05, 0.1) is 0 Å². The van der Waals surface area contributed by atoms with Gasteiger partial charge >= 0.3 is 26.7 Å². The molecule has 0 fully saturated rings. The molecule has 0 aromatic heterocycles. The molecule has 0 unspecified atom stereocenters. The molecule has 0 aliphatic rings. The van der Waals surface area contributed by atoms with Crippen LogP contribution in [0.4, 0.5) is 0 Å². The molecule has 0 heterocycles. The van der Waals surface area contributed by atoms with E-state index in [1.165, 1.54) is 0 Å². The first kappa shape index (κ1) is 10.7. The van der Waals surface area contributed by atoms with E-state index in [2.05, 4.69) is 12.5 Å². The molecule has 7 heavy (non-hydrogen) atoms. The molecule has 7 heteroatoms. The van der Waals surface area contributed by atoms with Crippen molar-refractivity contribution in [2.45, 2.75) is 0 Å². The Morgan fingerprint density at radius 2 is 1.86 bits per heavy atom. The quantitative estimate of drug-likeness (QED) is 0.273. The molecule has 0 atom stereocenters. The Morgan fingerprint density at radius 3 is 1.86 bits per heavy atom. The molecule has 0 aromatic rings. The fourth-order valence-corrected chi connectivity index (χ4v) is 0.